The van der Waals surface area contributed by atoms with Crippen LogP contribution in [0.1, 0.15) is 45.2 Å². The molecule has 2 spiro atoms. The van der Waals surface area contributed by atoms with Gasteiger partial charge < -0.3 is 0 Å². The first-order valence-corrected chi connectivity index (χ1v) is 19.4. The molecule has 0 saturated heterocycles. The van der Waals surface area contributed by atoms with E-state index in [0.29, 0.717) is 11.8 Å². The molecular formula is C52H22. The van der Waals surface area contributed by atoms with E-state index < -0.39 is 0 Å². The zero-order valence-electron chi connectivity index (χ0n) is 27.8. The van der Waals surface area contributed by atoms with Crippen molar-refractivity contribution in [2.75, 3.05) is 0 Å². The second kappa shape index (κ2) is 6.06. The Morgan fingerprint density at radius 1 is 0.519 bits per heavy atom. The van der Waals surface area contributed by atoms with Gasteiger partial charge in [0.15, 0.2) is 0 Å². The van der Waals surface area contributed by atoms with E-state index in [4.69, 9.17) is 0 Å². The predicted octanol–water partition coefficient (Wildman–Crippen LogP) is 11.6. The van der Waals surface area contributed by atoms with Crippen LogP contribution in [0.3, 0.4) is 0 Å². The quantitative estimate of drug-likeness (QED) is 0.144. The fourth-order valence-electron chi connectivity index (χ4n) is 16.1. The highest BCUT2D eigenvalue weighted by atomic mass is 14.7. The van der Waals surface area contributed by atoms with E-state index in [-0.39, 0.29) is 10.8 Å². The Kier molecular flexibility index (Phi) is 2.65. The van der Waals surface area contributed by atoms with Crippen molar-refractivity contribution >= 4 is 108 Å². The average Bonchev–Trinajstić information content (AvgIpc) is 3.99. The monoisotopic (exact) mass is 646 g/mol. The SMILES string of the molecule is C1=CC2c3ccc4c5ccc6c7ccc8c9c%10c%11c%12c%13c(c3c4c3c%13c%11c(c97)c6c53)C2C2=C%12C34Cc5c(ccc6ccccc56)CC%103C=8C=CC4=C12. The third-order valence-corrected chi connectivity index (χ3v) is 17.2. The first-order chi connectivity index (χ1) is 25.8. The third kappa shape index (κ3) is 1.59. The molecule has 0 heterocycles. The van der Waals surface area contributed by atoms with Gasteiger partial charge in [0, 0.05) is 22.7 Å². The van der Waals surface area contributed by atoms with Crippen LogP contribution < -0.4 is 5.22 Å². The molecule has 0 saturated carbocycles. The van der Waals surface area contributed by atoms with E-state index in [1.54, 1.807) is 126 Å². The van der Waals surface area contributed by atoms with Gasteiger partial charge in [0.05, 0.1) is 0 Å². The van der Waals surface area contributed by atoms with E-state index in [9.17, 15) is 0 Å². The Morgan fingerprint density at radius 2 is 1.25 bits per heavy atom. The molecule has 19 rings (SSSR count). The number of fused-ring (bicyclic) bond motifs is 6. The molecule has 11 aromatic rings. The molecule has 4 atom stereocenters. The molecule has 0 aliphatic heterocycles. The number of hydrogen-bond acceptors (Lipinski definition) is 0. The lowest BCUT2D eigenvalue weighted by atomic mass is 9.42. The summed E-state index contributed by atoms with van der Waals surface area (Å²) < 4.78 is 0. The Morgan fingerprint density at radius 3 is 2.13 bits per heavy atom. The van der Waals surface area contributed by atoms with Crippen molar-refractivity contribution in [2.45, 2.75) is 30.1 Å². The van der Waals surface area contributed by atoms with Gasteiger partial charge in [-0.15, -0.1) is 0 Å². The molecule has 0 N–H and O–H groups in total. The summed E-state index contributed by atoms with van der Waals surface area (Å²) in [6, 6.07) is 29.4. The lowest BCUT2D eigenvalue weighted by Gasteiger charge is -2.59. The van der Waals surface area contributed by atoms with E-state index in [2.05, 4.69) is 97.1 Å². The molecule has 4 unspecified atom stereocenters. The van der Waals surface area contributed by atoms with Gasteiger partial charge in [-0.2, -0.15) is 0 Å². The van der Waals surface area contributed by atoms with Crippen LogP contribution in [-0.2, 0) is 18.3 Å². The standard InChI is InChI=1S/C52H22/c1-2-4-21-19(3-1)5-6-20-17-51-31-15-16-32-29-14-12-27-25-10-8-23-22-7-9-24-26-11-13-28(31)39-37(26)42-35(24)33(22)41-34(23)36(25)43-38(27)40(29)50(52(32,51)18-30(20)21)48-46(43)44(41)45(42)47(48)49(39)51/h1-16,27,38H,17-18H2. The maximum atomic E-state index is 2.64. The Labute approximate surface area is 294 Å². The second-order valence-electron chi connectivity index (χ2n) is 18.0. The van der Waals surface area contributed by atoms with Crippen molar-refractivity contribution in [3.8, 4) is 0 Å². The molecule has 11 aromatic carbocycles. The molecule has 8 aliphatic rings. The van der Waals surface area contributed by atoms with Crippen LogP contribution in [-0.4, -0.2) is 0 Å². The van der Waals surface area contributed by atoms with E-state index in [1.165, 1.54) is 37.5 Å². The van der Waals surface area contributed by atoms with Gasteiger partial charge in [0.1, 0.15) is 0 Å². The van der Waals surface area contributed by atoms with Crippen molar-refractivity contribution in [1.82, 2.24) is 0 Å². The number of allylic oxidation sites excluding steroid dienone is 8. The van der Waals surface area contributed by atoms with Gasteiger partial charge in [0.2, 0.25) is 0 Å². The summed E-state index contributed by atoms with van der Waals surface area (Å²) >= 11 is 0. The number of rotatable bonds is 0. The topological polar surface area (TPSA) is 0 Å². The molecule has 0 nitrogen and oxygen atoms in total. The predicted molar refractivity (Wildman–Crippen MR) is 214 cm³/mol. The lowest BCUT2D eigenvalue weighted by molar-refractivity contribution is 0.284. The smallest absolute Gasteiger partial charge is 0.0403 e. The van der Waals surface area contributed by atoms with Gasteiger partial charge in [-0.1, -0.05) is 97.1 Å². The molecule has 0 fully saturated rings. The minimum Gasteiger partial charge on any atom is -0.0754 e. The van der Waals surface area contributed by atoms with Gasteiger partial charge >= 0.3 is 0 Å². The summed E-state index contributed by atoms with van der Waals surface area (Å²) in [4.78, 5) is 0. The Bertz CT molecular complexity index is 4020. The highest BCUT2D eigenvalue weighted by Crippen LogP contribution is 2.81. The largest absolute Gasteiger partial charge is 0.0754 e. The fraction of sp³-hybridized carbons (Fsp3) is 0.115. The summed E-state index contributed by atoms with van der Waals surface area (Å²) in [5.41, 5.74) is 17.8. The van der Waals surface area contributed by atoms with Crippen LogP contribution in [0.5, 0.6) is 0 Å². The summed E-state index contributed by atoms with van der Waals surface area (Å²) in [6.07, 6.45) is 12.7. The lowest BCUT2D eigenvalue weighted by Crippen LogP contribution is -2.55. The Balaban J connectivity index is 1.22. The number of hydrogen-bond donors (Lipinski definition) is 0. The zero-order valence-corrected chi connectivity index (χ0v) is 27.8. The summed E-state index contributed by atoms with van der Waals surface area (Å²) in [5, 5.41) is 29.5. The van der Waals surface area contributed by atoms with Gasteiger partial charge in [0.25, 0.3) is 0 Å². The molecule has 0 radical (unpaired) electrons. The van der Waals surface area contributed by atoms with E-state index in [1.807, 2.05) is 0 Å². The Hall–Kier alpha value is -5.98. The minimum absolute atomic E-state index is 0.122. The molecule has 52 heavy (non-hydrogen) atoms. The van der Waals surface area contributed by atoms with Crippen LogP contribution in [0.15, 0.2) is 114 Å². The summed E-state index contributed by atoms with van der Waals surface area (Å²) in [5.74, 6) is 0.812. The van der Waals surface area contributed by atoms with Crippen molar-refractivity contribution in [3.05, 3.63) is 152 Å². The van der Waals surface area contributed by atoms with Crippen molar-refractivity contribution in [3.63, 3.8) is 0 Å². The fourth-order valence-corrected chi connectivity index (χ4v) is 16.1. The second-order valence-corrected chi connectivity index (χ2v) is 18.0. The molecule has 0 amide bonds. The molecule has 0 bridgehead atoms. The van der Waals surface area contributed by atoms with Gasteiger partial charge in [-0.05, 0) is 176 Å². The van der Waals surface area contributed by atoms with Crippen LogP contribution in [0, 0.1) is 5.41 Å². The number of benzene rings is 8. The highest BCUT2D eigenvalue weighted by Gasteiger charge is 2.71. The first-order valence-electron chi connectivity index (χ1n) is 19.4. The van der Waals surface area contributed by atoms with Gasteiger partial charge in [-0.3, -0.25) is 0 Å². The summed E-state index contributed by atoms with van der Waals surface area (Å²) in [6.45, 7) is 0. The minimum atomic E-state index is -0.123. The van der Waals surface area contributed by atoms with Crippen molar-refractivity contribution in [2.24, 2.45) is 5.41 Å². The molecular weight excluding hydrogens is 625 g/mol. The normalized spacial score (nSPS) is 27.7. The zero-order chi connectivity index (χ0) is 32.2. The van der Waals surface area contributed by atoms with E-state index >= 15 is 0 Å². The summed E-state index contributed by atoms with van der Waals surface area (Å²) in [7, 11) is 0. The van der Waals surface area contributed by atoms with Crippen LogP contribution >= 0.6 is 0 Å². The van der Waals surface area contributed by atoms with Crippen molar-refractivity contribution in [1.29, 1.82) is 0 Å². The van der Waals surface area contributed by atoms with Crippen LogP contribution in [0.2, 0.25) is 0 Å². The van der Waals surface area contributed by atoms with Crippen molar-refractivity contribution < 1.29 is 0 Å². The highest BCUT2D eigenvalue weighted by molar-refractivity contribution is 6.58. The maximum Gasteiger partial charge on any atom is 0.0403 e. The molecule has 0 heteroatoms. The first kappa shape index (κ1) is 22.8. The molecule has 8 aliphatic carbocycles. The molecule has 0 aromatic heterocycles. The third-order valence-electron chi connectivity index (χ3n) is 17.2. The van der Waals surface area contributed by atoms with Crippen LogP contribution in [0.4, 0.5) is 0 Å². The van der Waals surface area contributed by atoms with Crippen LogP contribution in [0.25, 0.3) is 108 Å². The maximum absolute atomic E-state index is 2.64. The average molecular weight is 647 g/mol. The van der Waals surface area contributed by atoms with Gasteiger partial charge in [-0.25, -0.2) is 0 Å². The van der Waals surface area contributed by atoms with E-state index in [0.717, 1.165) is 12.8 Å². The molecule has 230 valence electrons.